The Kier molecular flexibility index (Phi) is 6.36. The average Bonchev–Trinajstić information content (AvgIpc) is 2.87. The summed E-state index contributed by atoms with van der Waals surface area (Å²) in [6.07, 6.45) is 1.12. The Morgan fingerprint density at radius 3 is 2.46 bits per heavy atom. The molecule has 0 bridgehead atoms. The Labute approximate surface area is 155 Å². The van der Waals surface area contributed by atoms with Crippen molar-refractivity contribution in [1.29, 1.82) is 0 Å². The van der Waals surface area contributed by atoms with E-state index in [1.807, 2.05) is 37.3 Å². The van der Waals surface area contributed by atoms with Gasteiger partial charge >= 0.3 is 5.97 Å². The molecule has 0 radical (unpaired) electrons. The first kappa shape index (κ1) is 18.5. The minimum absolute atomic E-state index is 0.262. The van der Waals surface area contributed by atoms with Gasteiger partial charge in [0.05, 0.1) is 18.4 Å². The number of rotatable bonds is 5. The van der Waals surface area contributed by atoms with E-state index in [4.69, 9.17) is 4.74 Å². The molecular weight excluding hydrogens is 326 g/mol. The van der Waals surface area contributed by atoms with E-state index in [9.17, 15) is 4.79 Å². The van der Waals surface area contributed by atoms with Crippen LogP contribution in [-0.4, -0.2) is 54.0 Å². The van der Waals surface area contributed by atoms with Crippen LogP contribution < -0.4 is 0 Å². The molecule has 5 heteroatoms. The fourth-order valence-corrected chi connectivity index (χ4v) is 3.47. The number of benzene rings is 1. The van der Waals surface area contributed by atoms with Gasteiger partial charge in [-0.05, 0) is 50.2 Å². The number of aryl methyl sites for hydroxylation is 1. The zero-order chi connectivity index (χ0) is 18.4. The summed E-state index contributed by atoms with van der Waals surface area (Å²) in [7, 11) is 1.43. The van der Waals surface area contributed by atoms with Gasteiger partial charge in [-0.25, -0.2) is 4.79 Å². The van der Waals surface area contributed by atoms with Crippen molar-refractivity contribution < 1.29 is 9.53 Å². The smallest absolute Gasteiger partial charge is 0.338 e. The predicted molar refractivity (Wildman–Crippen MR) is 102 cm³/mol. The molecule has 1 fully saturated rings. The molecule has 1 aliphatic heterocycles. The maximum absolute atomic E-state index is 12.0. The van der Waals surface area contributed by atoms with Crippen LogP contribution in [0.15, 0.2) is 42.5 Å². The molecule has 1 aromatic carbocycles. The number of methoxy groups -OCH3 is 1. The maximum atomic E-state index is 12.0. The van der Waals surface area contributed by atoms with Crippen LogP contribution in [-0.2, 0) is 17.8 Å². The van der Waals surface area contributed by atoms with Crippen LogP contribution in [0.5, 0.6) is 0 Å². The first-order chi connectivity index (χ1) is 12.7. The Morgan fingerprint density at radius 1 is 1.00 bits per heavy atom. The highest BCUT2D eigenvalue weighted by Crippen LogP contribution is 2.15. The third-order valence-corrected chi connectivity index (χ3v) is 4.83. The molecule has 3 rings (SSSR count). The van der Waals surface area contributed by atoms with Crippen LogP contribution in [0.4, 0.5) is 0 Å². The topological polar surface area (TPSA) is 45.7 Å². The Balaban J connectivity index is 1.60. The zero-order valence-corrected chi connectivity index (χ0v) is 15.6. The quantitative estimate of drug-likeness (QED) is 0.774. The van der Waals surface area contributed by atoms with Crippen molar-refractivity contribution in [3.8, 4) is 0 Å². The third-order valence-electron chi connectivity index (χ3n) is 4.83. The second kappa shape index (κ2) is 8.92. The maximum Gasteiger partial charge on any atom is 0.338 e. The minimum atomic E-state index is -0.262. The number of carbonyl (C=O) groups is 1. The molecule has 1 aromatic heterocycles. The van der Waals surface area contributed by atoms with Crippen molar-refractivity contribution in [2.45, 2.75) is 26.4 Å². The van der Waals surface area contributed by atoms with Crippen LogP contribution in [0.2, 0.25) is 0 Å². The molecule has 1 saturated heterocycles. The summed E-state index contributed by atoms with van der Waals surface area (Å²) in [6.45, 7) is 7.82. The SMILES string of the molecule is COC(=O)c1ccccc1CN1CCCN(Cc2cccc(C)n2)CC1. The zero-order valence-electron chi connectivity index (χ0n) is 15.6. The molecule has 0 amide bonds. The molecule has 0 spiro atoms. The second-order valence-electron chi connectivity index (χ2n) is 6.82. The summed E-state index contributed by atoms with van der Waals surface area (Å²) < 4.78 is 4.91. The van der Waals surface area contributed by atoms with Crippen LogP contribution in [0.3, 0.4) is 0 Å². The highest BCUT2D eigenvalue weighted by Gasteiger charge is 2.18. The summed E-state index contributed by atoms with van der Waals surface area (Å²) in [4.78, 5) is 21.5. The molecular formula is C21H27N3O2. The molecule has 0 N–H and O–H groups in total. The molecule has 0 atom stereocenters. The summed E-state index contributed by atoms with van der Waals surface area (Å²) in [5.41, 5.74) is 3.90. The highest BCUT2D eigenvalue weighted by molar-refractivity contribution is 5.90. The van der Waals surface area contributed by atoms with Gasteiger partial charge in [-0.2, -0.15) is 0 Å². The molecule has 1 aliphatic rings. The summed E-state index contributed by atoms with van der Waals surface area (Å²) in [6, 6.07) is 13.9. The molecule has 5 nitrogen and oxygen atoms in total. The second-order valence-corrected chi connectivity index (χ2v) is 6.82. The van der Waals surface area contributed by atoms with Gasteiger partial charge in [-0.3, -0.25) is 14.8 Å². The number of esters is 1. The van der Waals surface area contributed by atoms with Gasteiger partial charge in [0.25, 0.3) is 0 Å². The number of nitrogens with zero attached hydrogens (tertiary/aromatic N) is 3. The standard InChI is InChI=1S/C21H27N3O2/c1-17-7-5-9-19(22-17)16-24-12-6-11-23(13-14-24)15-18-8-3-4-10-20(18)21(25)26-2/h3-5,7-10H,6,11-16H2,1-2H3. The van der Waals surface area contributed by atoms with E-state index in [1.165, 1.54) is 7.11 Å². The fraction of sp³-hybridized carbons (Fsp3) is 0.429. The van der Waals surface area contributed by atoms with E-state index in [-0.39, 0.29) is 5.97 Å². The van der Waals surface area contributed by atoms with Crippen LogP contribution in [0, 0.1) is 6.92 Å². The lowest BCUT2D eigenvalue weighted by molar-refractivity contribution is 0.0598. The summed E-state index contributed by atoms with van der Waals surface area (Å²) in [5.74, 6) is -0.262. The first-order valence-corrected chi connectivity index (χ1v) is 9.19. The average molecular weight is 353 g/mol. The van der Waals surface area contributed by atoms with Gasteiger partial charge in [0.2, 0.25) is 0 Å². The Bertz CT molecular complexity index is 748. The van der Waals surface area contributed by atoms with E-state index in [0.29, 0.717) is 5.56 Å². The Hall–Kier alpha value is -2.24. The minimum Gasteiger partial charge on any atom is -0.465 e. The van der Waals surface area contributed by atoms with Crippen molar-refractivity contribution in [3.05, 3.63) is 65.0 Å². The highest BCUT2D eigenvalue weighted by atomic mass is 16.5. The number of hydrogen-bond donors (Lipinski definition) is 0. The molecule has 2 aromatic rings. The van der Waals surface area contributed by atoms with Gasteiger partial charge in [-0.1, -0.05) is 24.3 Å². The summed E-state index contributed by atoms with van der Waals surface area (Å²) in [5, 5.41) is 0. The molecule has 0 aliphatic carbocycles. The van der Waals surface area contributed by atoms with Gasteiger partial charge < -0.3 is 4.74 Å². The number of aromatic nitrogens is 1. The number of carbonyl (C=O) groups excluding carboxylic acids is 1. The van der Waals surface area contributed by atoms with E-state index >= 15 is 0 Å². The molecule has 138 valence electrons. The van der Waals surface area contributed by atoms with E-state index < -0.39 is 0 Å². The van der Waals surface area contributed by atoms with Gasteiger partial charge in [0.1, 0.15) is 0 Å². The van der Waals surface area contributed by atoms with Crippen molar-refractivity contribution in [1.82, 2.24) is 14.8 Å². The lowest BCUT2D eigenvalue weighted by Crippen LogP contribution is -2.31. The molecule has 26 heavy (non-hydrogen) atoms. The number of pyridine rings is 1. The van der Waals surface area contributed by atoms with Gasteiger partial charge in [-0.15, -0.1) is 0 Å². The molecule has 0 unspecified atom stereocenters. The van der Waals surface area contributed by atoms with Crippen molar-refractivity contribution in [2.24, 2.45) is 0 Å². The van der Waals surface area contributed by atoms with Gasteiger partial charge in [0.15, 0.2) is 0 Å². The van der Waals surface area contributed by atoms with Crippen LogP contribution in [0.1, 0.15) is 33.7 Å². The van der Waals surface area contributed by atoms with Crippen molar-refractivity contribution in [2.75, 3.05) is 33.3 Å². The fourth-order valence-electron chi connectivity index (χ4n) is 3.47. The monoisotopic (exact) mass is 353 g/mol. The Morgan fingerprint density at radius 2 is 1.73 bits per heavy atom. The normalized spacial score (nSPS) is 16.2. The first-order valence-electron chi connectivity index (χ1n) is 9.19. The predicted octanol–water partition coefficient (Wildman–Crippen LogP) is 2.88. The van der Waals surface area contributed by atoms with E-state index in [0.717, 1.165) is 62.6 Å². The van der Waals surface area contributed by atoms with E-state index in [1.54, 1.807) is 0 Å². The molecule has 0 saturated carbocycles. The largest absolute Gasteiger partial charge is 0.465 e. The third kappa shape index (κ3) is 4.90. The number of ether oxygens (including phenoxy) is 1. The molecule has 2 heterocycles. The lowest BCUT2D eigenvalue weighted by atomic mass is 10.1. The van der Waals surface area contributed by atoms with Crippen LogP contribution >= 0.6 is 0 Å². The van der Waals surface area contributed by atoms with Crippen LogP contribution in [0.25, 0.3) is 0 Å². The van der Waals surface area contributed by atoms with Crippen molar-refractivity contribution >= 4 is 5.97 Å². The number of hydrogen-bond acceptors (Lipinski definition) is 5. The van der Waals surface area contributed by atoms with Gasteiger partial charge in [0, 0.05) is 31.9 Å². The van der Waals surface area contributed by atoms with Crippen molar-refractivity contribution in [3.63, 3.8) is 0 Å². The van der Waals surface area contributed by atoms with E-state index in [2.05, 4.69) is 26.9 Å². The lowest BCUT2D eigenvalue weighted by Gasteiger charge is -2.22. The summed E-state index contributed by atoms with van der Waals surface area (Å²) >= 11 is 0.